The Labute approximate surface area is 150 Å². The molecular weight excluding hydrogens is 401 g/mol. The normalized spacial score (nSPS) is 12.2. The van der Waals surface area contributed by atoms with Gasteiger partial charge in [0.05, 0.1) is 16.1 Å². The molecule has 2 heterocycles. The van der Waals surface area contributed by atoms with Gasteiger partial charge in [0.25, 0.3) is 0 Å². The molecule has 7 heteroatoms. The van der Waals surface area contributed by atoms with Crippen LogP contribution in [0.2, 0.25) is 0 Å². The summed E-state index contributed by atoms with van der Waals surface area (Å²) in [6, 6.07) is 5.82. The average molecular weight is 417 g/mol. The van der Waals surface area contributed by atoms with E-state index in [1.54, 1.807) is 11.3 Å². The molecule has 3 aromatic rings. The Bertz CT molecular complexity index is 851. The molecule has 128 valence electrons. The van der Waals surface area contributed by atoms with Crippen molar-refractivity contribution in [2.75, 3.05) is 6.54 Å². The van der Waals surface area contributed by atoms with E-state index in [1.165, 1.54) is 12.1 Å². The quantitative estimate of drug-likeness (QED) is 0.495. The van der Waals surface area contributed by atoms with Crippen LogP contribution in [-0.2, 0) is 12.6 Å². The highest BCUT2D eigenvalue weighted by atomic mass is 79.9. The van der Waals surface area contributed by atoms with Crippen molar-refractivity contribution in [3.8, 4) is 10.6 Å². The van der Waals surface area contributed by atoms with E-state index in [9.17, 15) is 13.2 Å². The van der Waals surface area contributed by atoms with E-state index in [4.69, 9.17) is 5.73 Å². The van der Waals surface area contributed by atoms with Crippen LogP contribution in [0.5, 0.6) is 0 Å². The molecule has 0 amide bonds. The van der Waals surface area contributed by atoms with E-state index in [0.717, 1.165) is 45.0 Å². The van der Waals surface area contributed by atoms with Gasteiger partial charge in [-0.05, 0) is 76.9 Å². The van der Waals surface area contributed by atoms with Crippen LogP contribution in [0.15, 0.2) is 34.1 Å². The Hall–Kier alpha value is -1.31. The number of unbranched alkanes of at least 4 members (excludes halogenated alkanes) is 1. The van der Waals surface area contributed by atoms with Crippen LogP contribution in [0.1, 0.15) is 24.0 Å². The molecule has 0 bridgehead atoms. The van der Waals surface area contributed by atoms with Crippen molar-refractivity contribution in [2.24, 2.45) is 5.73 Å². The molecule has 3 N–H and O–H groups in total. The van der Waals surface area contributed by atoms with Gasteiger partial charge < -0.3 is 10.7 Å². The number of hydrogen-bond donors (Lipinski definition) is 2. The molecule has 0 spiro atoms. The van der Waals surface area contributed by atoms with E-state index >= 15 is 0 Å². The lowest BCUT2D eigenvalue weighted by molar-refractivity contribution is -0.137. The predicted octanol–water partition coefficient (Wildman–Crippen LogP) is 5.96. The summed E-state index contributed by atoms with van der Waals surface area (Å²) in [6.45, 7) is 0.578. The van der Waals surface area contributed by atoms with Crippen molar-refractivity contribution in [1.82, 2.24) is 4.98 Å². The zero-order valence-corrected chi connectivity index (χ0v) is 15.1. The molecular formula is C17H16BrF3N2S. The van der Waals surface area contributed by atoms with Crippen molar-refractivity contribution >= 4 is 38.2 Å². The van der Waals surface area contributed by atoms with Gasteiger partial charge in [-0.1, -0.05) is 0 Å². The van der Waals surface area contributed by atoms with E-state index in [2.05, 4.69) is 20.9 Å². The molecule has 0 saturated heterocycles. The number of aromatic nitrogens is 1. The van der Waals surface area contributed by atoms with Crippen LogP contribution in [0.4, 0.5) is 13.2 Å². The molecule has 0 fully saturated rings. The first-order valence-corrected chi connectivity index (χ1v) is 9.24. The zero-order chi connectivity index (χ0) is 17.3. The number of halogens is 4. The summed E-state index contributed by atoms with van der Waals surface area (Å²) >= 11 is 5.07. The minimum atomic E-state index is -4.34. The van der Waals surface area contributed by atoms with Gasteiger partial charge in [-0.3, -0.25) is 0 Å². The minimum Gasteiger partial charge on any atom is -0.354 e. The number of rotatable bonds is 5. The fourth-order valence-electron chi connectivity index (χ4n) is 2.80. The van der Waals surface area contributed by atoms with Crippen LogP contribution in [0.3, 0.4) is 0 Å². The first-order valence-electron chi connectivity index (χ1n) is 7.57. The number of fused-ring (bicyclic) bond motifs is 1. The molecule has 0 unspecified atom stereocenters. The standard InChI is InChI=1S/C17H16BrF3N2S/c18-13-6-8-24-16(13)15-11(3-1-2-7-22)12-9-10(17(19,20)21)4-5-14(12)23-15/h4-6,8-9,23H,1-3,7,22H2. The number of nitrogens with one attached hydrogen (secondary N) is 1. The lowest BCUT2D eigenvalue weighted by Crippen LogP contribution is -2.04. The summed E-state index contributed by atoms with van der Waals surface area (Å²) in [4.78, 5) is 4.30. The summed E-state index contributed by atoms with van der Waals surface area (Å²) < 4.78 is 40.1. The summed E-state index contributed by atoms with van der Waals surface area (Å²) in [5.41, 5.74) is 7.48. The van der Waals surface area contributed by atoms with Crippen molar-refractivity contribution in [3.05, 3.63) is 45.2 Å². The number of aryl methyl sites for hydroxylation is 1. The van der Waals surface area contributed by atoms with Crippen LogP contribution in [0.25, 0.3) is 21.5 Å². The highest BCUT2D eigenvalue weighted by molar-refractivity contribution is 9.10. The monoisotopic (exact) mass is 416 g/mol. The molecule has 2 nitrogen and oxygen atoms in total. The maximum absolute atomic E-state index is 13.1. The third-order valence-corrected chi connectivity index (χ3v) is 5.81. The maximum Gasteiger partial charge on any atom is 0.416 e. The number of aromatic amines is 1. The van der Waals surface area contributed by atoms with Gasteiger partial charge in [0, 0.05) is 15.4 Å². The molecule has 0 saturated carbocycles. The lowest BCUT2D eigenvalue weighted by atomic mass is 10.0. The van der Waals surface area contributed by atoms with Crippen LogP contribution in [-0.4, -0.2) is 11.5 Å². The second-order valence-corrected chi connectivity index (χ2v) is 7.35. The minimum absolute atomic E-state index is 0.578. The summed E-state index contributed by atoms with van der Waals surface area (Å²) in [6.07, 6.45) is -1.96. The third-order valence-electron chi connectivity index (χ3n) is 3.96. The van der Waals surface area contributed by atoms with Crippen molar-refractivity contribution in [3.63, 3.8) is 0 Å². The number of nitrogens with two attached hydrogens (primary N) is 1. The van der Waals surface area contributed by atoms with Crippen molar-refractivity contribution in [2.45, 2.75) is 25.4 Å². The van der Waals surface area contributed by atoms with Gasteiger partial charge in [-0.15, -0.1) is 11.3 Å². The van der Waals surface area contributed by atoms with Crippen LogP contribution < -0.4 is 5.73 Å². The fraction of sp³-hybridized carbons (Fsp3) is 0.294. The second-order valence-electron chi connectivity index (χ2n) is 5.58. The SMILES string of the molecule is NCCCCc1c(-c2sccc2Br)[nH]c2ccc(C(F)(F)F)cc12. The number of alkyl halides is 3. The van der Waals surface area contributed by atoms with Gasteiger partial charge >= 0.3 is 6.18 Å². The molecule has 1 aromatic carbocycles. The smallest absolute Gasteiger partial charge is 0.354 e. The Morgan fingerprint density at radius 2 is 1.96 bits per heavy atom. The van der Waals surface area contributed by atoms with E-state index in [0.29, 0.717) is 18.4 Å². The molecule has 2 aromatic heterocycles. The lowest BCUT2D eigenvalue weighted by Gasteiger charge is -2.07. The first-order chi connectivity index (χ1) is 11.4. The Morgan fingerprint density at radius 1 is 1.17 bits per heavy atom. The topological polar surface area (TPSA) is 41.8 Å². The van der Waals surface area contributed by atoms with Crippen LogP contribution >= 0.6 is 27.3 Å². The maximum atomic E-state index is 13.1. The van der Waals surface area contributed by atoms with Crippen LogP contribution in [0, 0.1) is 0 Å². The highest BCUT2D eigenvalue weighted by Crippen LogP contribution is 2.40. The molecule has 3 rings (SSSR count). The second kappa shape index (κ2) is 6.90. The van der Waals surface area contributed by atoms with Crippen molar-refractivity contribution in [1.29, 1.82) is 0 Å². The summed E-state index contributed by atoms with van der Waals surface area (Å²) in [7, 11) is 0. The van der Waals surface area contributed by atoms with E-state index in [1.807, 2.05) is 11.4 Å². The van der Waals surface area contributed by atoms with Crippen molar-refractivity contribution < 1.29 is 13.2 Å². The van der Waals surface area contributed by atoms with Gasteiger partial charge in [0.15, 0.2) is 0 Å². The first kappa shape index (κ1) is 17.5. The van der Waals surface area contributed by atoms with Gasteiger partial charge in [-0.2, -0.15) is 13.2 Å². The van der Waals surface area contributed by atoms with Gasteiger partial charge in [0.1, 0.15) is 0 Å². The average Bonchev–Trinajstić information content (AvgIpc) is 3.09. The molecule has 0 aliphatic carbocycles. The molecule has 0 aliphatic rings. The highest BCUT2D eigenvalue weighted by Gasteiger charge is 2.31. The molecule has 0 aliphatic heterocycles. The number of benzene rings is 1. The summed E-state index contributed by atoms with van der Waals surface area (Å²) in [5.74, 6) is 0. The third kappa shape index (κ3) is 3.38. The van der Waals surface area contributed by atoms with Gasteiger partial charge in [-0.25, -0.2) is 0 Å². The largest absolute Gasteiger partial charge is 0.416 e. The zero-order valence-electron chi connectivity index (χ0n) is 12.7. The van der Waals surface area contributed by atoms with E-state index < -0.39 is 11.7 Å². The summed E-state index contributed by atoms with van der Waals surface area (Å²) in [5, 5.41) is 2.59. The predicted molar refractivity (Wildman–Crippen MR) is 96.3 cm³/mol. The Balaban J connectivity index is 2.16. The number of thiophene rings is 1. The number of hydrogen-bond acceptors (Lipinski definition) is 2. The van der Waals surface area contributed by atoms with Gasteiger partial charge in [0.2, 0.25) is 0 Å². The Morgan fingerprint density at radius 3 is 2.58 bits per heavy atom. The molecule has 0 radical (unpaired) electrons. The molecule has 0 atom stereocenters. The number of H-pyrrole nitrogens is 1. The Kier molecular flexibility index (Phi) is 5.03. The molecule has 24 heavy (non-hydrogen) atoms. The fourth-order valence-corrected chi connectivity index (χ4v) is 4.39. The van der Waals surface area contributed by atoms with E-state index in [-0.39, 0.29) is 0 Å².